The SMILES string of the molecule is C=CCNc1cc2oc3c(C)c4[nH]c5cc6c(cc5oc4cc3[nH]c2cc1C)=NCN=6. The standard InChI is InChI=1S/C24H21N5O2/c1-4-5-25-14-8-21-17(6-12(14)2)28-19-10-22-23(13(3)24(19)31-21)29-18-7-15-16(27-11-26-15)9-20(18)30-22/h4,6-10,25,28-29H,1,5,11H2,2-3H3. The first-order valence-electron chi connectivity index (χ1n) is 10.2. The number of rotatable bonds is 3. The molecule has 7 heteroatoms. The van der Waals surface area contributed by atoms with Crippen LogP contribution in [-0.2, 0) is 0 Å². The minimum absolute atomic E-state index is 0.470. The van der Waals surface area contributed by atoms with Gasteiger partial charge in [-0.3, -0.25) is 9.98 Å². The molecule has 6 rings (SSSR count). The highest BCUT2D eigenvalue weighted by Gasteiger charge is 2.13. The molecular weight excluding hydrogens is 390 g/mol. The van der Waals surface area contributed by atoms with E-state index < -0.39 is 0 Å². The predicted octanol–water partition coefficient (Wildman–Crippen LogP) is 4.69. The number of nitrogens with zero attached hydrogens (tertiary/aromatic N) is 2. The molecule has 7 nitrogen and oxygen atoms in total. The van der Waals surface area contributed by atoms with Crippen molar-refractivity contribution in [1.82, 2.24) is 9.97 Å². The summed E-state index contributed by atoms with van der Waals surface area (Å²) in [5, 5.41) is 5.11. The number of aromatic amines is 2. The quantitative estimate of drug-likeness (QED) is 0.297. The fraction of sp³-hybridized carbons (Fsp3) is 0.167. The molecule has 1 aliphatic heterocycles. The maximum Gasteiger partial charge on any atom is 0.156 e. The molecule has 0 aliphatic carbocycles. The molecule has 0 saturated carbocycles. The minimum atomic E-state index is 0.470. The number of hydrogen-bond donors (Lipinski definition) is 3. The Balaban J connectivity index is 1.64. The molecule has 1 aliphatic rings. The molecule has 154 valence electrons. The van der Waals surface area contributed by atoms with E-state index in [0.717, 1.165) is 71.9 Å². The first-order chi connectivity index (χ1) is 15.1. The van der Waals surface area contributed by atoms with Crippen LogP contribution in [0.4, 0.5) is 5.69 Å². The lowest BCUT2D eigenvalue weighted by molar-refractivity contribution is 0.645. The van der Waals surface area contributed by atoms with Crippen molar-refractivity contribution in [3.8, 4) is 0 Å². The molecule has 3 aromatic carbocycles. The Bertz CT molecular complexity index is 1710. The second-order valence-electron chi connectivity index (χ2n) is 7.83. The zero-order valence-electron chi connectivity index (χ0n) is 17.3. The monoisotopic (exact) mass is 411 g/mol. The Kier molecular flexibility index (Phi) is 3.74. The van der Waals surface area contributed by atoms with Gasteiger partial charge >= 0.3 is 0 Å². The van der Waals surface area contributed by atoms with Crippen LogP contribution in [0.15, 0.2) is 61.8 Å². The van der Waals surface area contributed by atoms with Crippen LogP contribution in [0.25, 0.3) is 44.4 Å². The average Bonchev–Trinajstić information content (AvgIpc) is 3.21. The van der Waals surface area contributed by atoms with Gasteiger partial charge in [-0.25, -0.2) is 0 Å². The third kappa shape index (κ3) is 2.73. The van der Waals surface area contributed by atoms with E-state index in [1.54, 1.807) is 0 Å². The van der Waals surface area contributed by atoms with Crippen LogP contribution in [0.1, 0.15) is 11.1 Å². The number of aryl methyl sites for hydroxylation is 2. The van der Waals surface area contributed by atoms with Crippen LogP contribution < -0.4 is 16.0 Å². The number of nitrogens with one attached hydrogen (secondary N) is 3. The van der Waals surface area contributed by atoms with Gasteiger partial charge in [0.25, 0.3) is 0 Å². The van der Waals surface area contributed by atoms with Gasteiger partial charge in [-0.15, -0.1) is 6.58 Å². The van der Waals surface area contributed by atoms with Crippen LogP contribution in [0.2, 0.25) is 0 Å². The number of H-pyrrole nitrogens is 2. The molecule has 0 bridgehead atoms. The van der Waals surface area contributed by atoms with E-state index in [9.17, 15) is 0 Å². The topological polar surface area (TPSA) is 94.6 Å². The number of anilines is 1. The van der Waals surface area contributed by atoms with Gasteiger partial charge in [0.05, 0.1) is 32.8 Å². The van der Waals surface area contributed by atoms with Gasteiger partial charge in [-0.2, -0.15) is 0 Å². The molecule has 0 fully saturated rings. The summed E-state index contributed by atoms with van der Waals surface area (Å²) in [4.78, 5) is 15.8. The minimum Gasteiger partial charge on any atom is -0.453 e. The van der Waals surface area contributed by atoms with E-state index in [4.69, 9.17) is 8.83 Å². The molecule has 31 heavy (non-hydrogen) atoms. The van der Waals surface area contributed by atoms with Crippen LogP contribution in [0.5, 0.6) is 0 Å². The Morgan fingerprint density at radius 1 is 0.935 bits per heavy atom. The zero-order chi connectivity index (χ0) is 21.1. The zero-order valence-corrected chi connectivity index (χ0v) is 17.3. The van der Waals surface area contributed by atoms with E-state index in [1.165, 1.54) is 0 Å². The van der Waals surface area contributed by atoms with E-state index in [0.29, 0.717) is 13.2 Å². The van der Waals surface area contributed by atoms with Crippen molar-refractivity contribution in [3.05, 3.63) is 64.8 Å². The molecule has 3 N–H and O–H groups in total. The summed E-state index contributed by atoms with van der Waals surface area (Å²) in [6, 6.07) is 10.0. The Morgan fingerprint density at radius 2 is 1.71 bits per heavy atom. The second kappa shape index (κ2) is 6.50. The molecule has 2 aromatic heterocycles. The number of aromatic nitrogens is 2. The first kappa shape index (κ1) is 17.8. The Hall–Kier alpha value is -4.00. The third-order valence-corrected chi connectivity index (χ3v) is 5.77. The smallest absolute Gasteiger partial charge is 0.156 e. The van der Waals surface area contributed by atoms with Crippen molar-refractivity contribution in [1.29, 1.82) is 0 Å². The fourth-order valence-corrected chi connectivity index (χ4v) is 4.16. The molecule has 0 spiro atoms. The molecular formula is C24H21N5O2. The lowest BCUT2D eigenvalue weighted by Gasteiger charge is -2.12. The molecule has 3 heterocycles. The third-order valence-electron chi connectivity index (χ3n) is 5.77. The van der Waals surface area contributed by atoms with Crippen LogP contribution in [0, 0.1) is 13.8 Å². The maximum atomic E-state index is 6.35. The van der Waals surface area contributed by atoms with Gasteiger partial charge in [0.2, 0.25) is 0 Å². The number of benzene rings is 3. The van der Waals surface area contributed by atoms with Gasteiger partial charge in [-0.05, 0) is 31.5 Å². The normalized spacial score (nSPS) is 12.8. The van der Waals surface area contributed by atoms with Gasteiger partial charge < -0.3 is 24.1 Å². The second-order valence-corrected chi connectivity index (χ2v) is 7.83. The van der Waals surface area contributed by atoms with Gasteiger partial charge in [0.1, 0.15) is 6.67 Å². The van der Waals surface area contributed by atoms with Crippen molar-refractivity contribution in [2.75, 3.05) is 18.5 Å². The van der Waals surface area contributed by atoms with Gasteiger partial charge in [0.15, 0.2) is 22.3 Å². The van der Waals surface area contributed by atoms with E-state index in [1.807, 2.05) is 37.3 Å². The molecule has 0 saturated heterocycles. The highest BCUT2D eigenvalue weighted by molar-refractivity contribution is 5.97. The highest BCUT2D eigenvalue weighted by Crippen LogP contribution is 2.31. The number of hydrogen-bond acceptors (Lipinski definition) is 5. The summed E-state index contributed by atoms with van der Waals surface area (Å²) in [5.74, 6) is 0. The van der Waals surface area contributed by atoms with Crippen molar-refractivity contribution in [2.24, 2.45) is 9.98 Å². The molecule has 5 aromatic rings. The van der Waals surface area contributed by atoms with Crippen LogP contribution in [0.3, 0.4) is 0 Å². The van der Waals surface area contributed by atoms with Crippen LogP contribution in [-0.4, -0.2) is 23.2 Å². The van der Waals surface area contributed by atoms with Crippen molar-refractivity contribution in [3.63, 3.8) is 0 Å². The highest BCUT2D eigenvalue weighted by atomic mass is 16.3. The summed E-state index contributed by atoms with van der Waals surface area (Å²) in [6.45, 7) is 9.04. The van der Waals surface area contributed by atoms with Gasteiger partial charge in [0, 0.05) is 36.0 Å². The maximum absolute atomic E-state index is 6.35. The lowest BCUT2D eigenvalue weighted by Crippen LogP contribution is -2.21. The fourth-order valence-electron chi connectivity index (χ4n) is 4.16. The molecule has 0 amide bonds. The van der Waals surface area contributed by atoms with Crippen molar-refractivity contribution < 1.29 is 8.83 Å². The number of fused-ring (bicyclic) bond motifs is 5. The van der Waals surface area contributed by atoms with E-state index in [-0.39, 0.29) is 0 Å². The molecule has 0 radical (unpaired) electrons. The van der Waals surface area contributed by atoms with E-state index in [2.05, 4.69) is 44.8 Å². The summed E-state index contributed by atoms with van der Waals surface area (Å²) in [7, 11) is 0. The van der Waals surface area contributed by atoms with Crippen molar-refractivity contribution in [2.45, 2.75) is 13.8 Å². The first-order valence-corrected chi connectivity index (χ1v) is 10.2. The molecule has 0 unspecified atom stereocenters. The summed E-state index contributed by atoms with van der Waals surface area (Å²) in [6.07, 6.45) is 1.84. The predicted molar refractivity (Wildman–Crippen MR) is 123 cm³/mol. The van der Waals surface area contributed by atoms with Crippen LogP contribution >= 0.6 is 0 Å². The van der Waals surface area contributed by atoms with Gasteiger partial charge in [-0.1, -0.05) is 6.08 Å². The Labute approximate surface area is 176 Å². The van der Waals surface area contributed by atoms with Crippen molar-refractivity contribution >= 4 is 50.1 Å². The Morgan fingerprint density at radius 3 is 2.55 bits per heavy atom. The summed E-state index contributed by atoms with van der Waals surface area (Å²) >= 11 is 0. The van der Waals surface area contributed by atoms with E-state index >= 15 is 0 Å². The summed E-state index contributed by atoms with van der Waals surface area (Å²) in [5.41, 5.74) is 9.76. The summed E-state index contributed by atoms with van der Waals surface area (Å²) < 4.78 is 12.6. The lowest BCUT2D eigenvalue weighted by atomic mass is 10.1. The largest absolute Gasteiger partial charge is 0.453 e. The average molecular weight is 411 g/mol. The molecule has 0 atom stereocenters.